The van der Waals surface area contributed by atoms with Crippen LogP contribution in [0.15, 0.2) is 62.5 Å². The molecule has 0 aliphatic rings. The van der Waals surface area contributed by atoms with Crippen LogP contribution in [0.25, 0.3) is 11.0 Å². The van der Waals surface area contributed by atoms with Crippen LogP contribution >= 0.6 is 15.9 Å². The van der Waals surface area contributed by atoms with Crippen molar-refractivity contribution < 1.29 is 23.8 Å². The number of amides is 1. The van der Waals surface area contributed by atoms with E-state index < -0.39 is 18.5 Å². The lowest BCUT2D eigenvalue weighted by Gasteiger charge is -2.05. The number of carboxylic acids is 1. The molecule has 0 aliphatic carbocycles. The van der Waals surface area contributed by atoms with Crippen molar-refractivity contribution in [2.75, 3.05) is 6.61 Å². The van der Waals surface area contributed by atoms with Crippen LogP contribution in [0.2, 0.25) is 0 Å². The number of rotatable bonds is 6. The van der Waals surface area contributed by atoms with E-state index in [0.29, 0.717) is 16.9 Å². The van der Waals surface area contributed by atoms with Gasteiger partial charge in [0.2, 0.25) is 0 Å². The van der Waals surface area contributed by atoms with E-state index in [1.807, 2.05) is 12.1 Å². The van der Waals surface area contributed by atoms with Gasteiger partial charge in [-0.3, -0.25) is 4.79 Å². The second-order valence-electron chi connectivity index (χ2n) is 5.21. The zero-order valence-electron chi connectivity index (χ0n) is 13.3. The fourth-order valence-corrected chi connectivity index (χ4v) is 2.58. The van der Waals surface area contributed by atoms with Gasteiger partial charge < -0.3 is 14.3 Å². The summed E-state index contributed by atoms with van der Waals surface area (Å²) in [5.41, 5.74) is 3.49. The minimum Gasteiger partial charge on any atom is -0.481 e. The number of nitrogens with zero attached hydrogens (tertiary/aromatic N) is 1. The molecule has 1 aromatic heterocycles. The van der Waals surface area contributed by atoms with Crippen LogP contribution in [0.4, 0.5) is 0 Å². The van der Waals surface area contributed by atoms with Gasteiger partial charge in [-0.25, -0.2) is 10.2 Å². The number of nitrogens with one attached hydrogen (secondary N) is 1. The molecule has 0 saturated heterocycles. The first-order chi connectivity index (χ1) is 12.5. The number of benzene rings is 2. The molecule has 0 saturated carbocycles. The van der Waals surface area contributed by atoms with Crippen molar-refractivity contribution in [3.8, 4) is 5.75 Å². The third-order valence-electron chi connectivity index (χ3n) is 3.34. The van der Waals surface area contributed by atoms with E-state index in [2.05, 4.69) is 26.5 Å². The minimum atomic E-state index is -1.08. The topological polar surface area (TPSA) is 101 Å². The van der Waals surface area contributed by atoms with Gasteiger partial charge in [0.15, 0.2) is 12.4 Å². The number of hydrazone groups is 1. The molecule has 0 spiro atoms. The van der Waals surface area contributed by atoms with Crippen LogP contribution < -0.4 is 10.2 Å². The molecular weight excluding hydrogens is 404 g/mol. The number of carboxylic acid groups (broad SMARTS) is 1. The summed E-state index contributed by atoms with van der Waals surface area (Å²) in [6, 6.07) is 13.8. The summed E-state index contributed by atoms with van der Waals surface area (Å²) in [7, 11) is 0. The zero-order chi connectivity index (χ0) is 18.5. The smallest absolute Gasteiger partial charge is 0.341 e. The number of ether oxygens (including phenoxy) is 1. The van der Waals surface area contributed by atoms with E-state index >= 15 is 0 Å². The average molecular weight is 417 g/mol. The van der Waals surface area contributed by atoms with Crippen LogP contribution in [-0.4, -0.2) is 29.8 Å². The Hall–Kier alpha value is -3.13. The quantitative estimate of drug-likeness (QED) is 0.473. The summed E-state index contributed by atoms with van der Waals surface area (Å²) in [5.74, 6) is -1.11. The first-order valence-electron chi connectivity index (χ1n) is 7.49. The molecule has 26 heavy (non-hydrogen) atoms. The number of hydrogen-bond acceptors (Lipinski definition) is 5. The fraction of sp³-hybridized carbons (Fsp3) is 0.0556. The normalized spacial score (nSPS) is 11.0. The maximum Gasteiger partial charge on any atom is 0.341 e. The highest BCUT2D eigenvalue weighted by Crippen LogP contribution is 2.23. The second-order valence-corrected chi connectivity index (χ2v) is 6.13. The highest BCUT2D eigenvalue weighted by atomic mass is 79.9. The molecule has 3 rings (SSSR count). The third-order valence-corrected chi connectivity index (χ3v) is 3.84. The molecule has 0 unspecified atom stereocenters. The van der Waals surface area contributed by atoms with Crippen molar-refractivity contribution in [2.24, 2.45) is 5.10 Å². The number of halogens is 1. The summed E-state index contributed by atoms with van der Waals surface area (Å²) in [5, 5.41) is 13.4. The summed E-state index contributed by atoms with van der Waals surface area (Å²) >= 11 is 3.36. The van der Waals surface area contributed by atoms with E-state index in [0.717, 1.165) is 9.86 Å². The van der Waals surface area contributed by atoms with Gasteiger partial charge in [0.25, 0.3) is 0 Å². The molecule has 7 nitrogen and oxygen atoms in total. The lowest BCUT2D eigenvalue weighted by Crippen LogP contribution is -2.17. The Labute approximate surface area is 156 Å². The summed E-state index contributed by atoms with van der Waals surface area (Å²) < 4.78 is 11.5. The Kier molecular flexibility index (Phi) is 5.33. The maximum absolute atomic E-state index is 12.2. The Balaban J connectivity index is 1.69. The zero-order valence-corrected chi connectivity index (χ0v) is 14.9. The van der Waals surface area contributed by atoms with E-state index in [9.17, 15) is 9.59 Å². The maximum atomic E-state index is 12.2. The van der Waals surface area contributed by atoms with Crippen molar-refractivity contribution in [1.82, 2.24) is 5.43 Å². The monoisotopic (exact) mass is 416 g/mol. The molecule has 1 heterocycles. The van der Waals surface area contributed by atoms with Gasteiger partial charge in [-0.1, -0.05) is 28.1 Å². The van der Waals surface area contributed by atoms with Gasteiger partial charge in [-0.05, 0) is 36.4 Å². The van der Waals surface area contributed by atoms with Gasteiger partial charge in [0.1, 0.15) is 11.3 Å². The number of furan rings is 1. The molecule has 8 heteroatoms. The number of aliphatic carboxylic acids is 1. The van der Waals surface area contributed by atoms with Crippen molar-refractivity contribution in [3.63, 3.8) is 0 Å². The molecule has 0 fully saturated rings. The van der Waals surface area contributed by atoms with E-state index in [1.165, 1.54) is 6.21 Å². The number of para-hydroxylation sites is 1. The molecule has 2 N–H and O–H groups in total. The summed E-state index contributed by atoms with van der Waals surface area (Å²) in [4.78, 5) is 22.8. The lowest BCUT2D eigenvalue weighted by molar-refractivity contribution is -0.139. The van der Waals surface area contributed by atoms with Crippen LogP contribution in [0.3, 0.4) is 0 Å². The first kappa shape index (κ1) is 17.7. The number of carbonyl (C=O) groups excluding carboxylic acids is 1. The second kappa shape index (κ2) is 7.83. The summed E-state index contributed by atoms with van der Waals surface area (Å²) in [6.07, 6.45) is 1.37. The van der Waals surface area contributed by atoms with E-state index in [1.54, 1.807) is 36.4 Å². The van der Waals surface area contributed by atoms with Crippen LogP contribution in [0, 0.1) is 0 Å². The van der Waals surface area contributed by atoms with Gasteiger partial charge in [-0.15, -0.1) is 0 Å². The Bertz CT molecular complexity index is 996. The Morgan fingerprint density at radius 2 is 2.04 bits per heavy atom. The molecule has 0 atom stereocenters. The highest BCUT2D eigenvalue weighted by Gasteiger charge is 2.12. The van der Waals surface area contributed by atoms with Crippen LogP contribution in [0.5, 0.6) is 5.75 Å². The van der Waals surface area contributed by atoms with Crippen molar-refractivity contribution in [3.05, 3.63) is 64.3 Å². The molecular formula is C18H13BrN2O5. The Morgan fingerprint density at radius 1 is 1.23 bits per heavy atom. The van der Waals surface area contributed by atoms with E-state index in [4.69, 9.17) is 14.3 Å². The fourth-order valence-electron chi connectivity index (χ4n) is 2.20. The largest absolute Gasteiger partial charge is 0.481 e. The standard InChI is InChI=1S/C18H13BrN2O5/c19-13-5-6-15-12(7-13)8-16(26-15)18(24)21-20-9-11-3-1-2-4-14(11)25-10-17(22)23/h1-9H,10H2,(H,21,24)(H,22,23)/b20-9+. The van der Waals surface area contributed by atoms with Gasteiger partial charge >= 0.3 is 11.9 Å². The number of fused-ring (bicyclic) bond motifs is 1. The molecule has 0 aliphatic heterocycles. The molecule has 132 valence electrons. The van der Waals surface area contributed by atoms with Crippen molar-refractivity contribution >= 4 is 45.0 Å². The van der Waals surface area contributed by atoms with Gasteiger partial charge in [0, 0.05) is 15.4 Å². The number of carbonyl (C=O) groups is 2. The molecule has 2 aromatic carbocycles. The molecule has 0 bridgehead atoms. The van der Waals surface area contributed by atoms with Gasteiger partial charge in [0.05, 0.1) is 6.21 Å². The van der Waals surface area contributed by atoms with Crippen LogP contribution in [-0.2, 0) is 4.79 Å². The molecule has 1 amide bonds. The highest BCUT2D eigenvalue weighted by molar-refractivity contribution is 9.10. The Morgan fingerprint density at radius 3 is 2.85 bits per heavy atom. The minimum absolute atomic E-state index is 0.130. The predicted octanol–water partition coefficient (Wildman–Crippen LogP) is 3.42. The predicted molar refractivity (Wildman–Crippen MR) is 98.5 cm³/mol. The molecule has 3 aromatic rings. The third kappa shape index (κ3) is 4.28. The van der Waals surface area contributed by atoms with Gasteiger partial charge in [-0.2, -0.15) is 5.10 Å². The number of hydrogen-bond donors (Lipinski definition) is 2. The average Bonchev–Trinajstić information content (AvgIpc) is 3.04. The van der Waals surface area contributed by atoms with Crippen molar-refractivity contribution in [1.29, 1.82) is 0 Å². The van der Waals surface area contributed by atoms with Crippen LogP contribution in [0.1, 0.15) is 16.1 Å². The molecule has 0 radical (unpaired) electrons. The SMILES string of the molecule is O=C(O)COc1ccccc1/C=N/NC(=O)c1cc2cc(Br)ccc2o1. The first-order valence-corrected chi connectivity index (χ1v) is 8.28. The van der Waals surface area contributed by atoms with E-state index in [-0.39, 0.29) is 5.76 Å². The lowest BCUT2D eigenvalue weighted by atomic mass is 10.2. The summed E-state index contributed by atoms with van der Waals surface area (Å²) in [6.45, 7) is -0.467. The van der Waals surface area contributed by atoms with Crippen molar-refractivity contribution in [2.45, 2.75) is 0 Å².